The summed E-state index contributed by atoms with van der Waals surface area (Å²) in [5.74, 6) is 1.96. The van der Waals surface area contributed by atoms with Crippen LogP contribution < -0.4 is 0 Å². The summed E-state index contributed by atoms with van der Waals surface area (Å²) >= 11 is 0. The van der Waals surface area contributed by atoms with Gasteiger partial charge in [-0.15, -0.1) is 0 Å². The first kappa shape index (κ1) is 11.4. The molecule has 0 radical (unpaired) electrons. The molecule has 15 heavy (non-hydrogen) atoms. The second kappa shape index (κ2) is 3.48. The van der Waals surface area contributed by atoms with E-state index >= 15 is 0 Å². The topological polar surface area (TPSA) is 3.24 Å². The maximum absolute atomic E-state index is 2.67. The molecular weight excluding hydrogens is 182 g/mol. The van der Waals surface area contributed by atoms with Crippen LogP contribution in [0.1, 0.15) is 53.9 Å². The molecule has 1 heterocycles. The summed E-state index contributed by atoms with van der Waals surface area (Å²) in [5.41, 5.74) is 1.13. The summed E-state index contributed by atoms with van der Waals surface area (Å²) in [4.78, 5) is 2.67. The third-order valence-corrected chi connectivity index (χ3v) is 5.04. The molecule has 0 aromatic heterocycles. The zero-order valence-corrected chi connectivity index (χ0v) is 11.1. The molecule has 1 heteroatoms. The Labute approximate surface area is 95.2 Å². The average molecular weight is 209 g/mol. The van der Waals surface area contributed by atoms with E-state index in [4.69, 9.17) is 0 Å². The molecule has 1 aliphatic heterocycles. The molecule has 0 amide bonds. The summed E-state index contributed by atoms with van der Waals surface area (Å²) in [6, 6.07) is 0. The lowest BCUT2D eigenvalue weighted by Gasteiger charge is -2.45. The minimum Gasteiger partial charge on any atom is -0.298 e. The highest BCUT2D eigenvalue weighted by molar-refractivity contribution is 5.08. The van der Waals surface area contributed by atoms with Gasteiger partial charge in [0.1, 0.15) is 0 Å². The molecule has 0 aromatic carbocycles. The Morgan fingerprint density at radius 1 is 1.33 bits per heavy atom. The smallest absolute Gasteiger partial charge is 0.0125 e. The standard InChI is InChI=1S/C14H27N/c1-6-12-9-14(12)7-8-15(10-11(14)2)13(3,4)5/h11-12H,6-10H2,1-5H3. The van der Waals surface area contributed by atoms with Gasteiger partial charge in [0.2, 0.25) is 0 Å². The molecule has 0 bridgehead atoms. The van der Waals surface area contributed by atoms with Gasteiger partial charge in [-0.1, -0.05) is 20.3 Å². The maximum atomic E-state index is 2.67. The van der Waals surface area contributed by atoms with Crippen LogP contribution in [0, 0.1) is 17.3 Å². The normalized spacial score (nSPS) is 42.2. The maximum Gasteiger partial charge on any atom is 0.0125 e. The number of hydrogen-bond acceptors (Lipinski definition) is 1. The highest BCUT2D eigenvalue weighted by Crippen LogP contribution is 2.63. The van der Waals surface area contributed by atoms with Gasteiger partial charge in [0.25, 0.3) is 0 Å². The largest absolute Gasteiger partial charge is 0.298 e. The zero-order chi connectivity index (χ0) is 11.3. The first-order chi connectivity index (χ1) is 6.90. The number of likely N-dealkylation sites (tertiary alicyclic amines) is 1. The molecular formula is C14H27N. The zero-order valence-electron chi connectivity index (χ0n) is 11.1. The minimum atomic E-state index is 0.368. The lowest BCUT2D eigenvalue weighted by molar-refractivity contribution is 0.0373. The van der Waals surface area contributed by atoms with Gasteiger partial charge in [0.05, 0.1) is 0 Å². The van der Waals surface area contributed by atoms with E-state index in [1.807, 2.05) is 0 Å². The number of nitrogens with zero attached hydrogens (tertiary/aromatic N) is 1. The first-order valence-corrected chi connectivity index (χ1v) is 6.65. The van der Waals surface area contributed by atoms with Crippen LogP contribution in [0.2, 0.25) is 0 Å². The third-order valence-electron chi connectivity index (χ3n) is 5.04. The van der Waals surface area contributed by atoms with Gasteiger partial charge >= 0.3 is 0 Å². The second-order valence-corrected chi connectivity index (χ2v) is 6.81. The van der Waals surface area contributed by atoms with Gasteiger partial charge in [-0.25, -0.2) is 0 Å². The van der Waals surface area contributed by atoms with Crippen molar-refractivity contribution >= 4 is 0 Å². The van der Waals surface area contributed by atoms with Crippen LogP contribution in [0.5, 0.6) is 0 Å². The monoisotopic (exact) mass is 209 g/mol. The van der Waals surface area contributed by atoms with Crippen LogP contribution in [0.15, 0.2) is 0 Å². The summed E-state index contributed by atoms with van der Waals surface area (Å²) in [7, 11) is 0. The third kappa shape index (κ3) is 1.84. The Kier molecular flexibility index (Phi) is 2.65. The van der Waals surface area contributed by atoms with Crippen LogP contribution in [0.4, 0.5) is 0 Å². The molecule has 2 rings (SSSR count). The average Bonchev–Trinajstić information content (AvgIpc) is 2.83. The number of piperidine rings is 1. The molecule has 1 saturated carbocycles. The number of hydrogen-bond donors (Lipinski definition) is 0. The van der Waals surface area contributed by atoms with Crippen molar-refractivity contribution in [1.82, 2.24) is 4.90 Å². The summed E-state index contributed by atoms with van der Waals surface area (Å²) in [6.45, 7) is 14.5. The molecule has 1 saturated heterocycles. The van der Waals surface area contributed by atoms with Gasteiger partial charge in [-0.2, -0.15) is 0 Å². The Balaban J connectivity index is 1.99. The van der Waals surface area contributed by atoms with E-state index < -0.39 is 0 Å². The molecule has 1 aliphatic carbocycles. The van der Waals surface area contributed by atoms with Crippen LogP contribution in [-0.2, 0) is 0 Å². The Morgan fingerprint density at radius 3 is 2.40 bits per heavy atom. The number of rotatable bonds is 1. The summed E-state index contributed by atoms with van der Waals surface area (Å²) in [5, 5.41) is 0. The van der Waals surface area contributed by atoms with E-state index in [0.29, 0.717) is 5.54 Å². The van der Waals surface area contributed by atoms with Gasteiger partial charge in [-0.05, 0) is 57.4 Å². The summed E-state index contributed by atoms with van der Waals surface area (Å²) < 4.78 is 0. The first-order valence-electron chi connectivity index (χ1n) is 6.65. The van der Waals surface area contributed by atoms with Crippen molar-refractivity contribution < 1.29 is 0 Å². The van der Waals surface area contributed by atoms with E-state index in [1.165, 1.54) is 32.4 Å². The van der Waals surface area contributed by atoms with Crippen molar-refractivity contribution in [1.29, 1.82) is 0 Å². The molecule has 0 aromatic rings. The summed E-state index contributed by atoms with van der Waals surface area (Å²) in [6.07, 6.45) is 4.37. The van der Waals surface area contributed by atoms with Gasteiger partial charge in [0.15, 0.2) is 0 Å². The Bertz CT molecular complexity index is 240. The molecule has 1 nitrogen and oxygen atoms in total. The van der Waals surface area contributed by atoms with Crippen molar-refractivity contribution in [2.24, 2.45) is 17.3 Å². The molecule has 3 atom stereocenters. The van der Waals surface area contributed by atoms with Crippen molar-refractivity contribution in [3.63, 3.8) is 0 Å². The van der Waals surface area contributed by atoms with E-state index in [-0.39, 0.29) is 0 Å². The van der Waals surface area contributed by atoms with Crippen LogP contribution >= 0.6 is 0 Å². The fourth-order valence-electron chi connectivity index (χ4n) is 3.66. The van der Waals surface area contributed by atoms with E-state index in [1.54, 1.807) is 0 Å². The van der Waals surface area contributed by atoms with E-state index in [0.717, 1.165) is 17.3 Å². The minimum absolute atomic E-state index is 0.368. The van der Waals surface area contributed by atoms with Crippen molar-refractivity contribution in [2.75, 3.05) is 13.1 Å². The molecule has 1 spiro atoms. The van der Waals surface area contributed by atoms with Gasteiger partial charge in [0, 0.05) is 12.1 Å². The highest BCUT2D eigenvalue weighted by atomic mass is 15.2. The lowest BCUT2D eigenvalue weighted by Crippen LogP contribution is -2.50. The SMILES string of the molecule is CCC1CC12CCN(C(C)(C)C)CC2C. The fraction of sp³-hybridized carbons (Fsp3) is 1.00. The molecule has 2 aliphatic rings. The van der Waals surface area contributed by atoms with E-state index in [2.05, 4.69) is 39.5 Å². The molecule has 2 fully saturated rings. The predicted molar refractivity (Wildman–Crippen MR) is 65.9 cm³/mol. The molecule has 3 unspecified atom stereocenters. The second-order valence-electron chi connectivity index (χ2n) is 6.81. The lowest BCUT2D eigenvalue weighted by atomic mass is 9.79. The van der Waals surface area contributed by atoms with Crippen LogP contribution in [0.3, 0.4) is 0 Å². The predicted octanol–water partition coefficient (Wildman–Crippen LogP) is 3.54. The van der Waals surface area contributed by atoms with Gasteiger partial charge < -0.3 is 0 Å². The Hall–Kier alpha value is -0.0400. The molecule has 88 valence electrons. The quantitative estimate of drug-likeness (QED) is 0.638. The molecule has 0 N–H and O–H groups in total. The van der Waals surface area contributed by atoms with Crippen molar-refractivity contribution in [2.45, 2.75) is 59.4 Å². The highest BCUT2D eigenvalue weighted by Gasteiger charge is 2.57. The van der Waals surface area contributed by atoms with Crippen LogP contribution in [-0.4, -0.2) is 23.5 Å². The Morgan fingerprint density at radius 2 is 2.00 bits per heavy atom. The fourth-order valence-corrected chi connectivity index (χ4v) is 3.66. The van der Waals surface area contributed by atoms with Crippen molar-refractivity contribution in [3.05, 3.63) is 0 Å². The van der Waals surface area contributed by atoms with Crippen molar-refractivity contribution in [3.8, 4) is 0 Å². The van der Waals surface area contributed by atoms with Gasteiger partial charge in [-0.3, -0.25) is 4.90 Å². The van der Waals surface area contributed by atoms with Crippen LogP contribution in [0.25, 0.3) is 0 Å². The van der Waals surface area contributed by atoms with E-state index in [9.17, 15) is 0 Å².